The number of likely N-dealkylation sites (tertiary alicyclic amines) is 1. The number of hydrogen-bond donors (Lipinski definition) is 1. The van der Waals surface area contributed by atoms with Crippen LogP contribution in [0.25, 0.3) is 0 Å². The summed E-state index contributed by atoms with van der Waals surface area (Å²) < 4.78 is 40.0. The second kappa shape index (κ2) is 10.0. The van der Waals surface area contributed by atoms with E-state index in [0.29, 0.717) is 17.8 Å². The van der Waals surface area contributed by atoms with Crippen molar-refractivity contribution in [1.29, 1.82) is 0 Å². The number of nitrogens with one attached hydrogen (secondary N) is 1. The van der Waals surface area contributed by atoms with Crippen molar-refractivity contribution >= 4 is 21.6 Å². The lowest BCUT2D eigenvalue weighted by Crippen LogP contribution is -2.33. The monoisotopic (exact) mass is 433 g/mol. The van der Waals surface area contributed by atoms with Crippen LogP contribution in [0.2, 0.25) is 0 Å². The minimum absolute atomic E-state index is 0.00953. The van der Waals surface area contributed by atoms with Crippen molar-refractivity contribution in [2.45, 2.75) is 30.6 Å². The number of rotatable bonds is 8. The Hall–Kier alpha value is -2.45. The average molecular weight is 434 g/mol. The van der Waals surface area contributed by atoms with Crippen molar-refractivity contribution in [3.8, 4) is 0 Å². The van der Waals surface area contributed by atoms with Crippen molar-refractivity contribution in [1.82, 2.24) is 10.2 Å². The molecule has 0 aliphatic carbocycles. The number of amides is 1. The van der Waals surface area contributed by atoms with Gasteiger partial charge in [-0.1, -0.05) is 12.5 Å². The van der Waals surface area contributed by atoms with E-state index in [0.717, 1.165) is 30.4 Å². The summed E-state index contributed by atoms with van der Waals surface area (Å²) in [6.45, 7) is 3.74. The molecule has 162 valence electrons. The molecule has 3 rings (SSSR count). The van der Waals surface area contributed by atoms with Crippen LogP contribution in [0, 0.1) is 5.82 Å². The summed E-state index contributed by atoms with van der Waals surface area (Å²) in [7, 11) is -2.48. The molecule has 0 radical (unpaired) electrons. The van der Waals surface area contributed by atoms with Crippen LogP contribution in [0.3, 0.4) is 0 Å². The Morgan fingerprint density at radius 3 is 2.50 bits per heavy atom. The molecule has 2 aromatic rings. The first-order valence-electron chi connectivity index (χ1n) is 10.2. The Kier molecular flexibility index (Phi) is 7.44. The summed E-state index contributed by atoms with van der Waals surface area (Å²) in [6.07, 6.45) is 4.62. The minimum atomic E-state index is -3.88. The van der Waals surface area contributed by atoms with Crippen LogP contribution in [0.15, 0.2) is 53.4 Å². The first kappa shape index (κ1) is 22.2. The molecular formula is C22H28FN3O3S. The van der Waals surface area contributed by atoms with Gasteiger partial charge < -0.3 is 10.2 Å². The smallest absolute Gasteiger partial charge is 0.264 e. The zero-order chi connectivity index (χ0) is 21.6. The Morgan fingerprint density at radius 2 is 1.80 bits per heavy atom. The summed E-state index contributed by atoms with van der Waals surface area (Å²) in [5.41, 5.74) is 0.630. The summed E-state index contributed by atoms with van der Waals surface area (Å²) in [6, 6.07) is 11.2. The van der Waals surface area contributed by atoms with Gasteiger partial charge in [-0.25, -0.2) is 12.8 Å². The fourth-order valence-corrected chi connectivity index (χ4v) is 4.78. The Bertz CT molecular complexity index is 958. The van der Waals surface area contributed by atoms with E-state index in [9.17, 15) is 17.6 Å². The molecular weight excluding hydrogens is 405 g/mol. The van der Waals surface area contributed by atoms with Crippen molar-refractivity contribution in [3.05, 3.63) is 59.9 Å². The highest BCUT2D eigenvalue weighted by atomic mass is 32.2. The lowest BCUT2D eigenvalue weighted by molar-refractivity contribution is 0.0951. The Morgan fingerprint density at radius 1 is 1.10 bits per heavy atom. The highest BCUT2D eigenvalue weighted by Gasteiger charge is 2.22. The molecule has 2 aromatic carbocycles. The third-order valence-electron chi connectivity index (χ3n) is 5.33. The van der Waals surface area contributed by atoms with E-state index in [1.807, 2.05) is 0 Å². The number of hydrogen-bond acceptors (Lipinski definition) is 4. The van der Waals surface area contributed by atoms with E-state index in [1.165, 1.54) is 62.7 Å². The van der Waals surface area contributed by atoms with Gasteiger partial charge in [-0.3, -0.25) is 9.10 Å². The molecule has 1 aliphatic rings. The number of anilines is 1. The zero-order valence-corrected chi connectivity index (χ0v) is 18.0. The van der Waals surface area contributed by atoms with E-state index in [2.05, 4.69) is 10.2 Å². The van der Waals surface area contributed by atoms with Crippen LogP contribution in [-0.2, 0) is 10.0 Å². The van der Waals surface area contributed by atoms with Crippen molar-refractivity contribution in [3.63, 3.8) is 0 Å². The van der Waals surface area contributed by atoms with Crippen LogP contribution >= 0.6 is 0 Å². The Balaban J connectivity index is 1.61. The van der Waals surface area contributed by atoms with E-state index >= 15 is 0 Å². The van der Waals surface area contributed by atoms with Gasteiger partial charge in [-0.05, 0) is 81.4 Å². The van der Waals surface area contributed by atoms with Crippen LogP contribution in [0.5, 0.6) is 0 Å². The maximum absolute atomic E-state index is 13.1. The maximum Gasteiger partial charge on any atom is 0.264 e. The molecule has 0 atom stereocenters. The maximum atomic E-state index is 13.1. The fourth-order valence-electron chi connectivity index (χ4n) is 3.54. The predicted molar refractivity (Wildman–Crippen MR) is 116 cm³/mol. The van der Waals surface area contributed by atoms with Gasteiger partial charge in [0.05, 0.1) is 10.6 Å². The fraction of sp³-hybridized carbons (Fsp3) is 0.409. The molecule has 0 saturated carbocycles. The van der Waals surface area contributed by atoms with Crippen molar-refractivity contribution < 1.29 is 17.6 Å². The van der Waals surface area contributed by atoms with E-state index in [4.69, 9.17) is 0 Å². The molecule has 0 aromatic heterocycles. The highest BCUT2D eigenvalue weighted by molar-refractivity contribution is 7.92. The topological polar surface area (TPSA) is 69.7 Å². The molecule has 30 heavy (non-hydrogen) atoms. The summed E-state index contributed by atoms with van der Waals surface area (Å²) in [5.74, 6) is -0.737. The number of sulfonamides is 1. The van der Waals surface area contributed by atoms with Crippen molar-refractivity contribution in [2.75, 3.05) is 37.5 Å². The first-order chi connectivity index (χ1) is 14.4. The predicted octanol–water partition coefficient (Wildman–Crippen LogP) is 3.26. The summed E-state index contributed by atoms with van der Waals surface area (Å²) >= 11 is 0. The molecule has 1 saturated heterocycles. The van der Waals surface area contributed by atoms with Crippen LogP contribution in [0.4, 0.5) is 10.1 Å². The summed E-state index contributed by atoms with van der Waals surface area (Å²) in [4.78, 5) is 14.9. The molecule has 1 heterocycles. The third kappa shape index (κ3) is 5.58. The summed E-state index contributed by atoms with van der Waals surface area (Å²) in [5, 5.41) is 2.87. The average Bonchev–Trinajstić information content (AvgIpc) is 2.77. The second-order valence-electron chi connectivity index (χ2n) is 7.49. The van der Waals surface area contributed by atoms with E-state index in [-0.39, 0.29) is 10.8 Å². The molecule has 0 unspecified atom stereocenters. The van der Waals surface area contributed by atoms with Gasteiger partial charge >= 0.3 is 0 Å². The second-order valence-corrected chi connectivity index (χ2v) is 9.46. The molecule has 0 spiro atoms. The number of nitrogens with zero attached hydrogens (tertiary/aromatic N) is 2. The largest absolute Gasteiger partial charge is 0.352 e. The molecule has 1 aliphatic heterocycles. The molecule has 1 N–H and O–H groups in total. The van der Waals surface area contributed by atoms with E-state index in [1.54, 1.807) is 12.1 Å². The van der Waals surface area contributed by atoms with Gasteiger partial charge in [-0.2, -0.15) is 0 Å². The SMILES string of the molecule is CN(c1ccc(F)cc1)S(=O)(=O)c1cccc(C(=O)NCCCN2CCCCC2)c1. The number of carbonyl (C=O) groups is 1. The Labute approximate surface area is 177 Å². The van der Waals surface area contributed by atoms with Gasteiger partial charge in [0, 0.05) is 19.2 Å². The van der Waals surface area contributed by atoms with Crippen LogP contribution < -0.4 is 9.62 Å². The third-order valence-corrected chi connectivity index (χ3v) is 7.11. The van der Waals surface area contributed by atoms with Crippen LogP contribution in [-0.4, -0.2) is 52.5 Å². The molecule has 6 nitrogen and oxygen atoms in total. The quantitative estimate of drug-likeness (QED) is 0.649. The standard InChI is InChI=1S/C22H28FN3O3S/c1-25(20-11-9-19(23)10-12-20)30(28,29)21-8-5-7-18(17-21)22(27)24-13-6-16-26-14-3-2-4-15-26/h5,7-12,17H,2-4,6,13-16H2,1H3,(H,24,27). The first-order valence-corrected chi connectivity index (χ1v) is 11.7. The number of halogens is 1. The normalized spacial score (nSPS) is 15.0. The van der Waals surface area contributed by atoms with Gasteiger partial charge in [0.15, 0.2) is 0 Å². The minimum Gasteiger partial charge on any atom is -0.352 e. The number of piperidine rings is 1. The number of benzene rings is 2. The number of carbonyl (C=O) groups excluding carboxylic acids is 1. The van der Waals surface area contributed by atoms with Gasteiger partial charge in [0.2, 0.25) is 0 Å². The van der Waals surface area contributed by atoms with Gasteiger partial charge in [-0.15, -0.1) is 0 Å². The van der Waals surface area contributed by atoms with Crippen LogP contribution in [0.1, 0.15) is 36.0 Å². The highest BCUT2D eigenvalue weighted by Crippen LogP contribution is 2.23. The lowest BCUT2D eigenvalue weighted by atomic mass is 10.1. The molecule has 8 heteroatoms. The molecule has 1 amide bonds. The van der Waals surface area contributed by atoms with E-state index < -0.39 is 15.8 Å². The van der Waals surface area contributed by atoms with Gasteiger partial charge in [0.1, 0.15) is 5.82 Å². The molecule has 0 bridgehead atoms. The zero-order valence-electron chi connectivity index (χ0n) is 17.2. The van der Waals surface area contributed by atoms with Gasteiger partial charge in [0.25, 0.3) is 15.9 Å². The molecule has 1 fully saturated rings. The van der Waals surface area contributed by atoms with Crippen molar-refractivity contribution in [2.24, 2.45) is 0 Å². The lowest BCUT2D eigenvalue weighted by Gasteiger charge is -2.26.